The number of aromatic carboxylic acids is 1. The second-order valence-electron chi connectivity index (χ2n) is 7.64. The summed E-state index contributed by atoms with van der Waals surface area (Å²) in [5.74, 6) is -3.29. The summed E-state index contributed by atoms with van der Waals surface area (Å²) in [5.41, 5.74) is 0.230. The van der Waals surface area contributed by atoms with Crippen LogP contribution < -0.4 is 0 Å². The van der Waals surface area contributed by atoms with Crippen LogP contribution in [0.5, 0.6) is 5.75 Å². The van der Waals surface area contributed by atoms with Crippen molar-refractivity contribution in [2.75, 3.05) is 19.6 Å². The van der Waals surface area contributed by atoms with Gasteiger partial charge >= 0.3 is 5.97 Å². The van der Waals surface area contributed by atoms with Crippen LogP contribution in [0.15, 0.2) is 64.3 Å². The molecule has 0 spiro atoms. The first-order valence-corrected chi connectivity index (χ1v) is 12.3. The maximum Gasteiger partial charge on any atom is 0.339 e. The van der Waals surface area contributed by atoms with Gasteiger partial charge in [0, 0.05) is 17.7 Å². The molecule has 3 aromatic rings. The number of furan rings is 1. The molecule has 0 aliphatic heterocycles. The molecule has 34 heavy (non-hydrogen) atoms. The van der Waals surface area contributed by atoms with E-state index in [9.17, 15) is 27.8 Å². The number of carboxylic acid groups (broad SMARTS) is 1. The fraction of sp³-hybridized carbons (Fsp3) is 0.240. The molecule has 0 aliphatic rings. The Morgan fingerprint density at radius 2 is 1.88 bits per heavy atom. The average Bonchev–Trinajstić information content (AvgIpc) is 3.31. The lowest BCUT2D eigenvalue weighted by Crippen LogP contribution is -2.22. The van der Waals surface area contributed by atoms with Crippen LogP contribution >= 0.6 is 0 Å². The van der Waals surface area contributed by atoms with Gasteiger partial charge in [-0.3, -0.25) is 0 Å². The van der Waals surface area contributed by atoms with E-state index in [-0.39, 0.29) is 21.6 Å². The summed E-state index contributed by atoms with van der Waals surface area (Å²) in [5, 5.41) is 20.3. The number of carboxylic acids is 1. The van der Waals surface area contributed by atoms with E-state index >= 15 is 0 Å². The summed E-state index contributed by atoms with van der Waals surface area (Å²) in [6, 6.07) is 7.68. The normalized spacial score (nSPS) is 12.0. The molecule has 2 N–H and O–H groups in total. The molecule has 7 nitrogen and oxygen atoms in total. The Kier molecular flexibility index (Phi) is 7.90. The number of hydrogen-bond acceptors (Lipinski definition) is 6. The molecule has 0 saturated carbocycles. The first-order valence-electron chi connectivity index (χ1n) is 10.7. The molecule has 0 aliphatic carbocycles. The van der Waals surface area contributed by atoms with Gasteiger partial charge in [0.05, 0.1) is 23.2 Å². The molecular formula is C25H26FNO6S. The molecule has 0 bridgehead atoms. The van der Waals surface area contributed by atoms with Crippen LogP contribution in [0.25, 0.3) is 17.2 Å². The molecule has 9 heteroatoms. The van der Waals surface area contributed by atoms with Gasteiger partial charge in [-0.2, -0.15) is 0 Å². The number of phenols is 1. The second-order valence-corrected chi connectivity index (χ2v) is 9.60. The van der Waals surface area contributed by atoms with Gasteiger partial charge in [0.2, 0.25) is 0 Å². The zero-order valence-corrected chi connectivity index (χ0v) is 19.7. The smallest absolute Gasteiger partial charge is 0.339 e. The van der Waals surface area contributed by atoms with Crippen LogP contribution in [-0.2, 0) is 15.6 Å². The third-order valence-electron chi connectivity index (χ3n) is 5.52. The summed E-state index contributed by atoms with van der Waals surface area (Å²) in [6.07, 6.45) is 6.02. The molecule has 0 saturated heterocycles. The van der Waals surface area contributed by atoms with Crippen LogP contribution in [-0.4, -0.2) is 49.1 Å². The first-order chi connectivity index (χ1) is 16.2. The highest BCUT2D eigenvalue weighted by molar-refractivity contribution is 7.90. The third kappa shape index (κ3) is 5.55. The number of carbonyl (C=O) groups is 1. The molecule has 0 unspecified atom stereocenters. The number of benzene rings is 2. The van der Waals surface area contributed by atoms with Crippen LogP contribution in [0.2, 0.25) is 0 Å². The van der Waals surface area contributed by atoms with Crippen molar-refractivity contribution in [2.45, 2.75) is 24.5 Å². The second kappa shape index (κ2) is 10.7. The van der Waals surface area contributed by atoms with Crippen molar-refractivity contribution in [1.82, 2.24) is 4.90 Å². The molecule has 3 rings (SSSR count). The topological polar surface area (TPSA) is 108 Å². The number of likely N-dealkylation sites (N-methyl/N-ethyl adjacent to an activating group) is 1. The van der Waals surface area contributed by atoms with Crippen LogP contribution in [0.4, 0.5) is 4.39 Å². The van der Waals surface area contributed by atoms with Crippen LogP contribution in [0.3, 0.4) is 0 Å². The summed E-state index contributed by atoms with van der Waals surface area (Å²) < 4.78 is 45.5. The van der Waals surface area contributed by atoms with E-state index in [0.29, 0.717) is 12.1 Å². The van der Waals surface area contributed by atoms with Gasteiger partial charge in [0.25, 0.3) is 0 Å². The van der Waals surface area contributed by atoms with Crippen molar-refractivity contribution >= 4 is 21.9 Å². The molecule has 0 fully saturated rings. The fourth-order valence-corrected chi connectivity index (χ4v) is 5.24. The van der Waals surface area contributed by atoms with Gasteiger partial charge in [0.15, 0.2) is 9.84 Å². The Morgan fingerprint density at radius 3 is 2.50 bits per heavy atom. The summed E-state index contributed by atoms with van der Waals surface area (Å²) >= 11 is 0. The van der Waals surface area contributed by atoms with Gasteiger partial charge in [-0.15, -0.1) is 0 Å². The van der Waals surface area contributed by atoms with Gasteiger partial charge in [-0.05, 0) is 48.5 Å². The van der Waals surface area contributed by atoms with Gasteiger partial charge in [-0.25, -0.2) is 17.6 Å². The Hall–Kier alpha value is -3.43. The predicted octanol–water partition coefficient (Wildman–Crippen LogP) is 4.82. The first kappa shape index (κ1) is 25.2. The number of sulfone groups is 1. The number of nitrogens with zero attached hydrogens (tertiary/aromatic N) is 1. The van der Waals surface area contributed by atoms with Crippen molar-refractivity contribution in [2.24, 2.45) is 0 Å². The zero-order valence-electron chi connectivity index (χ0n) is 18.9. The molecule has 0 atom stereocenters. The van der Waals surface area contributed by atoms with E-state index in [1.807, 2.05) is 13.8 Å². The summed E-state index contributed by atoms with van der Waals surface area (Å²) in [6.45, 7) is 6.19. The largest absolute Gasteiger partial charge is 0.506 e. The van der Waals surface area contributed by atoms with E-state index in [2.05, 4.69) is 4.90 Å². The minimum atomic E-state index is -4.09. The lowest BCUT2D eigenvalue weighted by molar-refractivity contribution is 0.0693. The van der Waals surface area contributed by atoms with E-state index in [1.165, 1.54) is 30.7 Å². The Bertz CT molecular complexity index is 1300. The van der Waals surface area contributed by atoms with Crippen LogP contribution in [0.1, 0.15) is 35.3 Å². The third-order valence-corrected chi connectivity index (χ3v) is 7.25. The zero-order chi connectivity index (χ0) is 24.9. The SMILES string of the molecule is CCN(CC)C/C=C/c1cc(F)ccc1S(=O)(=O)Cc1ccc(-c2ccoc2)c(O)c1C(=O)O. The Labute approximate surface area is 197 Å². The van der Waals surface area contributed by atoms with E-state index in [4.69, 9.17) is 4.42 Å². The van der Waals surface area contributed by atoms with Crippen molar-refractivity contribution in [3.8, 4) is 16.9 Å². The van der Waals surface area contributed by atoms with Crippen molar-refractivity contribution in [1.29, 1.82) is 0 Å². The summed E-state index contributed by atoms with van der Waals surface area (Å²) in [7, 11) is -4.09. The van der Waals surface area contributed by atoms with E-state index in [0.717, 1.165) is 25.2 Å². The van der Waals surface area contributed by atoms with Crippen molar-refractivity contribution in [3.63, 3.8) is 0 Å². The minimum absolute atomic E-state index is 0.0837. The Balaban J connectivity index is 2.00. The molecule has 2 aromatic carbocycles. The van der Waals surface area contributed by atoms with E-state index in [1.54, 1.807) is 18.2 Å². The summed E-state index contributed by atoms with van der Waals surface area (Å²) in [4.78, 5) is 13.9. The maximum atomic E-state index is 13.9. The van der Waals surface area contributed by atoms with E-state index < -0.39 is 38.7 Å². The molecule has 0 amide bonds. The number of rotatable bonds is 10. The standard InChI is InChI=1S/C25H26FNO6S/c1-3-27(4-2)12-5-6-17-14-20(26)8-10-22(17)34(31,32)16-19-7-9-21(18-11-13-33-15-18)24(28)23(19)25(29)30/h5-11,13-15,28H,3-4,12,16H2,1-2H3,(H,29,30)/b6-5+. The highest BCUT2D eigenvalue weighted by Gasteiger charge is 2.26. The molecule has 0 radical (unpaired) electrons. The van der Waals surface area contributed by atoms with Gasteiger partial charge in [0.1, 0.15) is 17.1 Å². The average molecular weight is 488 g/mol. The molecular weight excluding hydrogens is 461 g/mol. The quantitative estimate of drug-likeness (QED) is 0.395. The monoisotopic (exact) mass is 487 g/mol. The number of aromatic hydroxyl groups is 1. The van der Waals surface area contributed by atoms with Gasteiger partial charge < -0.3 is 19.5 Å². The number of halogens is 1. The van der Waals surface area contributed by atoms with Crippen LogP contribution in [0, 0.1) is 5.82 Å². The van der Waals surface area contributed by atoms with Crippen molar-refractivity contribution in [3.05, 3.63) is 77.5 Å². The lowest BCUT2D eigenvalue weighted by Gasteiger charge is -2.15. The fourth-order valence-electron chi connectivity index (χ4n) is 3.67. The van der Waals surface area contributed by atoms with Crippen molar-refractivity contribution < 1.29 is 32.2 Å². The molecule has 1 heterocycles. The lowest BCUT2D eigenvalue weighted by atomic mass is 9.99. The Morgan fingerprint density at radius 1 is 1.15 bits per heavy atom. The predicted molar refractivity (Wildman–Crippen MR) is 127 cm³/mol. The highest BCUT2D eigenvalue weighted by Crippen LogP contribution is 2.36. The molecule has 1 aromatic heterocycles. The molecule has 180 valence electrons. The minimum Gasteiger partial charge on any atom is -0.506 e. The van der Waals surface area contributed by atoms with Gasteiger partial charge in [-0.1, -0.05) is 38.1 Å². The highest BCUT2D eigenvalue weighted by atomic mass is 32.2. The maximum absolute atomic E-state index is 13.9. The number of hydrogen-bond donors (Lipinski definition) is 2.